The van der Waals surface area contributed by atoms with Gasteiger partial charge in [0.2, 0.25) is 0 Å². The number of nitrogens with zero attached hydrogens (tertiary/aromatic N) is 1. The molecule has 0 aliphatic carbocycles. The van der Waals surface area contributed by atoms with Crippen molar-refractivity contribution in [2.24, 2.45) is 0 Å². The molecule has 11 heteroatoms. The number of thiazole rings is 1. The Balaban J connectivity index is 2.49. The van der Waals surface area contributed by atoms with Crippen molar-refractivity contribution >= 4 is 57.9 Å². The van der Waals surface area contributed by atoms with Crippen LogP contribution in [0.5, 0.6) is 0 Å². The van der Waals surface area contributed by atoms with Gasteiger partial charge >= 0.3 is 0 Å². The average molecular weight is 412 g/mol. The molecule has 2 aromatic rings. The van der Waals surface area contributed by atoms with E-state index in [-0.39, 0.29) is 20.6 Å². The van der Waals surface area contributed by atoms with E-state index < -0.39 is 19.9 Å². The first-order valence-electron chi connectivity index (χ1n) is 5.33. The third kappa shape index (κ3) is 3.73. The highest BCUT2D eigenvalue weighted by molar-refractivity contribution is 9.11. The Hall–Kier alpha value is -1.17. The molecule has 0 saturated carbocycles. The second-order valence-electron chi connectivity index (χ2n) is 4.05. The molecule has 3 N–H and O–H groups in total. The molecule has 0 saturated heterocycles. The monoisotopic (exact) mass is 411 g/mol. The minimum Gasteiger partial charge on any atom is -0.398 e. The number of aromatic nitrogens is 1. The third-order valence-corrected chi connectivity index (χ3v) is 6.43. The Bertz CT molecular complexity index is 890. The van der Waals surface area contributed by atoms with Crippen molar-refractivity contribution in [1.29, 1.82) is 0 Å². The zero-order chi connectivity index (χ0) is 15.8. The summed E-state index contributed by atoms with van der Waals surface area (Å²) in [6.07, 6.45) is 2.43. The molecule has 0 radical (unpaired) electrons. The van der Waals surface area contributed by atoms with E-state index in [2.05, 4.69) is 25.6 Å². The standard InChI is InChI=1S/C10H10BrN3O4S3/c1-20(15,16)6-2-3-7(12)8(4-6)21(17,18)14-10-13-5-9(11)19-10/h2-5H,12H2,1H3,(H,13,14). The molecular weight excluding hydrogens is 402 g/mol. The summed E-state index contributed by atoms with van der Waals surface area (Å²) in [6.45, 7) is 0. The van der Waals surface area contributed by atoms with Crippen LogP contribution in [0, 0.1) is 0 Å². The number of sulfone groups is 1. The maximum Gasteiger partial charge on any atom is 0.265 e. The van der Waals surface area contributed by atoms with E-state index in [9.17, 15) is 16.8 Å². The second-order valence-corrected chi connectivity index (χ2v) is 10.1. The summed E-state index contributed by atoms with van der Waals surface area (Å²) in [5.74, 6) is 0. The normalized spacial score (nSPS) is 12.3. The van der Waals surface area contributed by atoms with Gasteiger partial charge < -0.3 is 5.73 Å². The van der Waals surface area contributed by atoms with Crippen molar-refractivity contribution in [2.45, 2.75) is 9.79 Å². The second kappa shape index (κ2) is 5.55. The van der Waals surface area contributed by atoms with Gasteiger partial charge in [-0.15, -0.1) is 0 Å². The van der Waals surface area contributed by atoms with Crippen molar-refractivity contribution < 1.29 is 16.8 Å². The lowest BCUT2D eigenvalue weighted by molar-refractivity contribution is 0.600. The van der Waals surface area contributed by atoms with Crippen LogP contribution in [-0.2, 0) is 19.9 Å². The fraction of sp³-hybridized carbons (Fsp3) is 0.100. The van der Waals surface area contributed by atoms with Gasteiger partial charge in [0, 0.05) is 6.26 Å². The van der Waals surface area contributed by atoms with Gasteiger partial charge in [-0.25, -0.2) is 21.8 Å². The maximum atomic E-state index is 12.3. The van der Waals surface area contributed by atoms with Crippen LogP contribution in [0.4, 0.5) is 10.8 Å². The number of nitrogens with one attached hydrogen (secondary N) is 1. The van der Waals surface area contributed by atoms with E-state index in [1.54, 1.807) is 0 Å². The minimum atomic E-state index is -4.03. The van der Waals surface area contributed by atoms with Gasteiger partial charge in [-0.1, -0.05) is 11.3 Å². The van der Waals surface area contributed by atoms with Crippen LogP contribution in [0.3, 0.4) is 0 Å². The fourth-order valence-corrected chi connectivity index (χ4v) is 4.68. The number of nitrogen functional groups attached to an aromatic ring is 1. The SMILES string of the molecule is CS(=O)(=O)c1ccc(N)c(S(=O)(=O)Nc2ncc(Br)s2)c1. The third-order valence-electron chi connectivity index (χ3n) is 2.40. The van der Waals surface area contributed by atoms with E-state index >= 15 is 0 Å². The zero-order valence-electron chi connectivity index (χ0n) is 10.6. The number of sulfonamides is 1. The van der Waals surface area contributed by atoms with E-state index in [1.807, 2.05) is 0 Å². The summed E-state index contributed by atoms with van der Waals surface area (Å²) >= 11 is 4.25. The molecule has 2 rings (SSSR count). The lowest BCUT2D eigenvalue weighted by Crippen LogP contribution is -2.15. The van der Waals surface area contributed by atoms with Gasteiger partial charge in [0.15, 0.2) is 15.0 Å². The van der Waals surface area contributed by atoms with Crippen molar-refractivity contribution in [1.82, 2.24) is 4.98 Å². The Morgan fingerprint density at radius 2 is 1.95 bits per heavy atom. The minimum absolute atomic E-state index is 0.0504. The first-order valence-corrected chi connectivity index (χ1v) is 10.3. The van der Waals surface area contributed by atoms with Crippen LogP contribution in [0.1, 0.15) is 0 Å². The molecule has 0 bridgehead atoms. The van der Waals surface area contributed by atoms with Crippen LogP contribution in [0.15, 0.2) is 38.0 Å². The van der Waals surface area contributed by atoms with Crippen LogP contribution in [-0.4, -0.2) is 28.1 Å². The Labute approximate surface area is 134 Å². The van der Waals surface area contributed by atoms with Crippen molar-refractivity contribution in [2.75, 3.05) is 16.7 Å². The lowest BCUT2D eigenvalue weighted by atomic mass is 10.3. The van der Waals surface area contributed by atoms with Gasteiger partial charge in [-0.2, -0.15) is 0 Å². The molecule has 1 heterocycles. The van der Waals surface area contributed by atoms with Gasteiger partial charge in [-0.05, 0) is 34.1 Å². The van der Waals surface area contributed by atoms with Crippen LogP contribution in [0.2, 0.25) is 0 Å². The quantitative estimate of drug-likeness (QED) is 0.738. The smallest absolute Gasteiger partial charge is 0.265 e. The number of nitrogens with two attached hydrogens (primary N) is 1. The van der Waals surface area contributed by atoms with Gasteiger partial charge in [0.1, 0.15) is 4.90 Å². The first kappa shape index (κ1) is 16.2. The highest BCUT2D eigenvalue weighted by Gasteiger charge is 2.21. The number of hydrogen-bond donors (Lipinski definition) is 2. The van der Waals surface area contributed by atoms with Gasteiger partial charge in [-0.3, -0.25) is 4.72 Å². The summed E-state index contributed by atoms with van der Waals surface area (Å²) in [5, 5.41) is 0.144. The maximum absolute atomic E-state index is 12.3. The molecule has 0 amide bonds. The predicted molar refractivity (Wildman–Crippen MR) is 84.6 cm³/mol. The zero-order valence-corrected chi connectivity index (χ0v) is 14.6. The van der Waals surface area contributed by atoms with Crippen molar-refractivity contribution in [3.63, 3.8) is 0 Å². The van der Waals surface area contributed by atoms with Gasteiger partial charge in [0.05, 0.1) is 20.6 Å². The van der Waals surface area contributed by atoms with Crippen molar-refractivity contribution in [3.05, 3.63) is 28.2 Å². The van der Waals surface area contributed by atoms with Gasteiger partial charge in [0.25, 0.3) is 10.0 Å². The predicted octanol–water partition coefficient (Wildman–Crippen LogP) is 1.69. The molecular formula is C10H10BrN3O4S3. The molecule has 21 heavy (non-hydrogen) atoms. The number of rotatable bonds is 4. The summed E-state index contributed by atoms with van der Waals surface area (Å²) in [7, 11) is -7.57. The molecule has 1 aromatic heterocycles. The van der Waals surface area contributed by atoms with Crippen molar-refractivity contribution in [3.8, 4) is 0 Å². The van der Waals surface area contributed by atoms with E-state index in [0.717, 1.165) is 23.7 Å². The summed E-state index contributed by atoms with van der Waals surface area (Å²) in [6, 6.07) is 3.52. The molecule has 0 aliphatic heterocycles. The molecule has 114 valence electrons. The Kier molecular flexibility index (Phi) is 4.29. The van der Waals surface area contributed by atoms with E-state index in [1.165, 1.54) is 18.3 Å². The molecule has 0 aliphatic rings. The lowest BCUT2D eigenvalue weighted by Gasteiger charge is -2.09. The molecule has 0 unspecified atom stereocenters. The Morgan fingerprint density at radius 1 is 1.29 bits per heavy atom. The number of halogens is 1. The highest BCUT2D eigenvalue weighted by atomic mass is 79.9. The summed E-state index contributed by atoms with van der Waals surface area (Å²) < 4.78 is 50.5. The number of anilines is 2. The number of hydrogen-bond acceptors (Lipinski definition) is 7. The molecule has 0 atom stereocenters. The highest BCUT2D eigenvalue weighted by Crippen LogP contribution is 2.28. The number of benzene rings is 1. The summed E-state index contributed by atoms with van der Waals surface area (Å²) in [4.78, 5) is 3.41. The van der Waals surface area contributed by atoms with Crippen LogP contribution in [0.25, 0.3) is 0 Å². The van der Waals surface area contributed by atoms with E-state index in [4.69, 9.17) is 5.73 Å². The molecule has 7 nitrogen and oxygen atoms in total. The summed E-state index contributed by atoms with van der Waals surface area (Å²) in [5.41, 5.74) is 5.59. The fourth-order valence-electron chi connectivity index (χ4n) is 1.45. The Morgan fingerprint density at radius 3 is 2.48 bits per heavy atom. The largest absolute Gasteiger partial charge is 0.398 e. The molecule has 0 spiro atoms. The molecule has 1 aromatic carbocycles. The molecule has 0 fully saturated rings. The first-order chi connectivity index (χ1) is 9.59. The van der Waals surface area contributed by atoms with E-state index in [0.29, 0.717) is 3.79 Å². The topological polar surface area (TPSA) is 119 Å². The van der Waals surface area contributed by atoms with Crippen LogP contribution < -0.4 is 10.5 Å². The van der Waals surface area contributed by atoms with Crippen LogP contribution >= 0.6 is 27.3 Å². The average Bonchev–Trinajstić information content (AvgIpc) is 2.72.